The average Bonchev–Trinajstić information content (AvgIpc) is 3.16. The van der Waals surface area contributed by atoms with Gasteiger partial charge in [0.25, 0.3) is 5.91 Å². The number of carbonyl (C=O) groups excluding carboxylic acids is 1. The molecule has 28 heavy (non-hydrogen) atoms. The highest BCUT2D eigenvalue weighted by Gasteiger charge is 2.40. The van der Waals surface area contributed by atoms with E-state index in [0.29, 0.717) is 36.2 Å². The second kappa shape index (κ2) is 7.73. The molecule has 2 aliphatic rings. The number of carbonyl (C=O) groups is 1. The van der Waals surface area contributed by atoms with Gasteiger partial charge in [-0.15, -0.1) is 0 Å². The summed E-state index contributed by atoms with van der Waals surface area (Å²) in [5, 5.41) is 2.86. The Balaban J connectivity index is 1.50. The van der Waals surface area contributed by atoms with E-state index in [1.807, 2.05) is 12.1 Å². The van der Waals surface area contributed by atoms with Gasteiger partial charge in [-0.3, -0.25) is 4.79 Å². The summed E-state index contributed by atoms with van der Waals surface area (Å²) in [6.07, 6.45) is 1.55. The van der Waals surface area contributed by atoms with E-state index in [1.165, 1.54) is 0 Å². The molecule has 1 N–H and O–H groups in total. The molecule has 1 spiro atoms. The molecule has 148 valence electrons. The number of amides is 1. The van der Waals surface area contributed by atoms with Gasteiger partial charge >= 0.3 is 0 Å². The number of nitrogens with zero attached hydrogens (tertiary/aromatic N) is 3. The predicted molar refractivity (Wildman–Crippen MR) is 104 cm³/mol. The number of piperidine rings is 1. The molecule has 0 saturated carbocycles. The Kier molecular flexibility index (Phi) is 5.15. The van der Waals surface area contributed by atoms with Crippen LogP contribution in [0.2, 0.25) is 0 Å². The molecule has 8 nitrogen and oxygen atoms in total. The highest BCUT2D eigenvalue weighted by Crippen LogP contribution is 2.33. The van der Waals surface area contributed by atoms with Crippen LogP contribution in [-0.2, 0) is 9.47 Å². The quantitative estimate of drug-likeness (QED) is 0.866. The lowest BCUT2D eigenvalue weighted by Gasteiger charge is -2.38. The molecule has 2 fully saturated rings. The molecular formula is C20H24N4O4. The molecule has 1 aromatic heterocycles. The van der Waals surface area contributed by atoms with Crippen molar-refractivity contribution in [3.05, 3.63) is 41.9 Å². The topological polar surface area (TPSA) is 85.8 Å². The lowest BCUT2D eigenvalue weighted by atomic mass is 10.0. The van der Waals surface area contributed by atoms with Crippen molar-refractivity contribution in [2.24, 2.45) is 0 Å². The number of hydrogen-bond donors (Lipinski definition) is 1. The number of nitrogens with one attached hydrogen (secondary N) is 1. The Morgan fingerprint density at radius 2 is 1.89 bits per heavy atom. The number of anilines is 2. The van der Waals surface area contributed by atoms with Crippen LogP contribution in [-0.4, -0.2) is 55.1 Å². The first kappa shape index (κ1) is 18.6. The minimum atomic E-state index is -0.442. The van der Waals surface area contributed by atoms with Crippen molar-refractivity contribution >= 4 is 17.4 Å². The van der Waals surface area contributed by atoms with E-state index in [0.717, 1.165) is 31.7 Å². The van der Waals surface area contributed by atoms with Crippen LogP contribution in [0.4, 0.5) is 11.5 Å². The highest BCUT2D eigenvalue weighted by molar-refractivity contribution is 6.04. The zero-order chi connectivity index (χ0) is 19.6. The number of rotatable bonds is 4. The zero-order valence-electron chi connectivity index (χ0n) is 16.1. The normalized spacial score (nSPS) is 18.3. The Hall–Kier alpha value is -2.71. The van der Waals surface area contributed by atoms with Crippen LogP contribution in [0.1, 0.15) is 29.2 Å². The van der Waals surface area contributed by atoms with Gasteiger partial charge in [0.2, 0.25) is 0 Å². The molecule has 2 aromatic rings. The summed E-state index contributed by atoms with van der Waals surface area (Å²) >= 11 is 0. The van der Waals surface area contributed by atoms with Gasteiger partial charge in [-0.05, 0) is 19.1 Å². The van der Waals surface area contributed by atoms with Crippen LogP contribution in [0.25, 0.3) is 0 Å². The van der Waals surface area contributed by atoms with Crippen LogP contribution in [0.5, 0.6) is 5.75 Å². The summed E-state index contributed by atoms with van der Waals surface area (Å²) in [5.74, 6) is 1.15. The van der Waals surface area contributed by atoms with Gasteiger partial charge in [0, 0.05) is 32.0 Å². The first-order valence-corrected chi connectivity index (χ1v) is 9.41. The van der Waals surface area contributed by atoms with E-state index in [4.69, 9.17) is 14.2 Å². The maximum atomic E-state index is 12.8. The lowest BCUT2D eigenvalue weighted by Crippen LogP contribution is -2.45. The summed E-state index contributed by atoms with van der Waals surface area (Å²) in [6.45, 7) is 4.60. The SMILES string of the molecule is COc1ccccc1NC(=O)c1cc(N2CCC3(CC2)OCCO3)nc(C)n1. The smallest absolute Gasteiger partial charge is 0.274 e. The molecule has 1 amide bonds. The molecule has 0 unspecified atom stereocenters. The molecule has 2 saturated heterocycles. The number of hydrogen-bond acceptors (Lipinski definition) is 7. The standard InChI is InChI=1S/C20H24N4O4/c1-14-21-16(19(25)23-15-5-3-4-6-17(15)26-2)13-18(22-14)24-9-7-20(8-10-24)27-11-12-28-20/h3-6,13H,7-12H2,1-2H3,(H,23,25). The number of para-hydroxylation sites is 2. The Bertz CT molecular complexity index is 857. The van der Waals surface area contributed by atoms with Gasteiger partial charge in [0.15, 0.2) is 5.79 Å². The molecule has 1 aromatic carbocycles. The molecule has 0 radical (unpaired) electrons. The first-order chi connectivity index (χ1) is 13.6. The largest absolute Gasteiger partial charge is 0.495 e. The van der Waals surface area contributed by atoms with Gasteiger partial charge in [-0.2, -0.15) is 0 Å². The van der Waals surface area contributed by atoms with Crippen molar-refractivity contribution in [2.45, 2.75) is 25.6 Å². The zero-order valence-corrected chi connectivity index (χ0v) is 16.1. The van der Waals surface area contributed by atoms with Crippen molar-refractivity contribution in [3.63, 3.8) is 0 Å². The van der Waals surface area contributed by atoms with Crippen molar-refractivity contribution < 1.29 is 19.0 Å². The van der Waals surface area contributed by atoms with Crippen molar-refractivity contribution in [3.8, 4) is 5.75 Å². The molecule has 8 heteroatoms. The summed E-state index contributed by atoms with van der Waals surface area (Å²) in [7, 11) is 1.57. The van der Waals surface area contributed by atoms with Crippen LogP contribution < -0.4 is 15.0 Å². The average molecular weight is 384 g/mol. The number of ether oxygens (including phenoxy) is 3. The third kappa shape index (κ3) is 3.79. The second-order valence-corrected chi connectivity index (χ2v) is 6.91. The van der Waals surface area contributed by atoms with Crippen LogP contribution in [0.3, 0.4) is 0 Å². The number of aromatic nitrogens is 2. The molecule has 4 rings (SSSR count). The van der Waals surface area contributed by atoms with Gasteiger partial charge in [0.05, 0.1) is 26.0 Å². The molecular weight excluding hydrogens is 360 g/mol. The van der Waals surface area contributed by atoms with Gasteiger partial charge in [-0.25, -0.2) is 9.97 Å². The Morgan fingerprint density at radius 1 is 1.18 bits per heavy atom. The highest BCUT2D eigenvalue weighted by atomic mass is 16.7. The Labute approximate surface area is 163 Å². The van der Waals surface area contributed by atoms with E-state index >= 15 is 0 Å². The summed E-state index contributed by atoms with van der Waals surface area (Å²) < 4.78 is 16.9. The van der Waals surface area contributed by atoms with E-state index in [1.54, 1.807) is 32.2 Å². The fraction of sp³-hybridized carbons (Fsp3) is 0.450. The van der Waals surface area contributed by atoms with Crippen LogP contribution in [0.15, 0.2) is 30.3 Å². The number of aryl methyl sites for hydroxylation is 1. The maximum absolute atomic E-state index is 12.8. The minimum Gasteiger partial charge on any atom is -0.495 e. The van der Waals surface area contributed by atoms with E-state index in [9.17, 15) is 4.79 Å². The minimum absolute atomic E-state index is 0.299. The fourth-order valence-corrected chi connectivity index (χ4v) is 3.63. The van der Waals surface area contributed by atoms with Crippen LogP contribution >= 0.6 is 0 Å². The first-order valence-electron chi connectivity index (χ1n) is 9.41. The van der Waals surface area contributed by atoms with Crippen molar-refractivity contribution in [2.75, 3.05) is 43.6 Å². The number of methoxy groups -OCH3 is 1. The van der Waals surface area contributed by atoms with E-state index in [2.05, 4.69) is 20.2 Å². The van der Waals surface area contributed by atoms with Crippen LogP contribution in [0, 0.1) is 6.92 Å². The summed E-state index contributed by atoms with van der Waals surface area (Å²) in [5.41, 5.74) is 0.922. The second-order valence-electron chi connectivity index (χ2n) is 6.91. The summed E-state index contributed by atoms with van der Waals surface area (Å²) in [4.78, 5) is 23.7. The maximum Gasteiger partial charge on any atom is 0.274 e. The monoisotopic (exact) mass is 384 g/mol. The molecule has 0 bridgehead atoms. The third-order valence-corrected chi connectivity index (χ3v) is 5.08. The molecule has 0 atom stereocenters. The Morgan fingerprint density at radius 3 is 2.61 bits per heavy atom. The molecule has 3 heterocycles. The fourth-order valence-electron chi connectivity index (χ4n) is 3.63. The van der Waals surface area contributed by atoms with E-state index in [-0.39, 0.29) is 5.91 Å². The van der Waals surface area contributed by atoms with Crippen molar-refractivity contribution in [1.29, 1.82) is 0 Å². The van der Waals surface area contributed by atoms with Crippen molar-refractivity contribution in [1.82, 2.24) is 9.97 Å². The predicted octanol–water partition coefficient (Wildman–Crippen LogP) is 2.39. The van der Waals surface area contributed by atoms with E-state index < -0.39 is 5.79 Å². The molecule has 2 aliphatic heterocycles. The number of benzene rings is 1. The van der Waals surface area contributed by atoms with Gasteiger partial charge in [-0.1, -0.05) is 12.1 Å². The molecule has 0 aliphatic carbocycles. The van der Waals surface area contributed by atoms with Gasteiger partial charge < -0.3 is 24.4 Å². The summed E-state index contributed by atoms with van der Waals surface area (Å²) in [6, 6.07) is 9.00. The van der Waals surface area contributed by atoms with Gasteiger partial charge in [0.1, 0.15) is 23.1 Å². The third-order valence-electron chi connectivity index (χ3n) is 5.08. The lowest BCUT2D eigenvalue weighted by molar-refractivity contribution is -0.169.